The third kappa shape index (κ3) is 3.52. The van der Waals surface area contributed by atoms with Crippen molar-refractivity contribution >= 4 is 22.6 Å². The second-order valence-electron chi connectivity index (χ2n) is 2.88. The lowest BCUT2D eigenvalue weighted by Crippen LogP contribution is -2.18. The quantitative estimate of drug-likeness (QED) is 0.777. The SMILES string of the molecule is Cc1nc(CC#N)c(I)cc1OC(F)(F)F. The summed E-state index contributed by atoms with van der Waals surface area (Å²) in [6.45, 7) is 1.40. The fraction of sp³-hybridized carbons (Fsp3) is 0.333. The number of alkyl halides is 3. The van der Waals surface area contributed by atoms with Crippen LogP contribution < -0.4 is 4.74 Å². The Morgan fingerprint density at radius 3 is 2.69 bits per heavy atom. The first-order valence-corrected chi connectivity index (χ1v) is 5.20. The average Bonchev–Trinajstić information content (AvgIpc) is 2.11. The number of aryl methyl sites for hydroxylation is 1. The van der Waals surface area contributed by atoms with Crippen molar-refractivity contribution in [2.75, 3.05) is 0 Å². The highest BCUT2D eigenvalue weighted by molar-refractivity contribution is 14.1. The van der Waals surface area contributed by atoms with Crippen molar-refractivity contribution in [3.63, 3.8) is 0 Å². The Bertz CT molecular complexity index is 440. The third-order valence-corrected chi connectivity index (χ3v) is 2.60. The van der Waals surface area contributed by atoms with E-state index in [-0.39, 0.29) is 17.9 Å². The van der Waals surface area contributed by atoms with Gasteiger partial charge in [-0.2, -0.15) is 5.26 Å². The number of pyridine rings is 1. The van der Waals surface area contributed by atoms with Gasteiger partial charge < -0.3 is 4.74 Å². The van der Waals surface area contributed by atoms with Crippen LogP contribution in [-0.2, 0) is 6.42 Å². The van der Waals surface area contributed by atoms with Crippen LogP contribution in [0.4, 0.5) is 13.2 Å². The van der Waals surface area contributed by atoms with Crippen LogP contribution in [0.25, 0.3) is 0 Å². The van der Waals surface area contributed by atoms with Gasteiger partial charge in [0.15, 0.2) is 5.75 Å². The van der Waals surface area contributed by atoms with Gasteiger partial charge in [0.25, 0.3) is 0 Å². The van der Waals surface area contributed by atoms with Gasteiger partial charge in [-0.15, -0.1) is 13.2 Å². The zero-order chi connectivity index (χ0) is 12.3. The van der Waals surface area contributed by atoms with E-state index in [9.17, 15) is 13.2 Å². The summed E-state index contributed by atoms with van der Waals surface area (Å²) in [4.78, 5) is 3.89. The first-order chi connectivity index (χ1) is 7.33. The number of ether oxygens (including phenoxy) is 1. The van der Waals surface area contributed by atoms with Crippen LogP contribution in [0.1, 0.15) is 11.4 Å². The maximum absolute atomic E-state index is 12.0. The van der Waals surface area contributed by atoms with Crippen molar-refractivity contribution in [3.05, 3.63) is 21.0 Å². The topological polar surface area (TPSA) is 45.9 Å². The minimum atomic E-state index is -4.73. The van der Waals surface area contributed by atoms with Gasteiger partial charge in [0, 0.05) is 3.57 Å². The largest absolute Gasteiger partial charge is 0.573 e. The molecule has 1 aromatic rings. The van der Waals surface area contributed by atoms with E-state index in [4.69, 9.17) is 5.26 Å². The summed E-state index contributed by atoms with van der Waals surface area (Å²) in [6.07, 6.45) is -4.67. The van der Waals surface area contributed by atoms with Crippen molar-refractivity contribution in [3.8, 4) is 11.8 Å². The molecule has 0 aliphatic carbocycles. The second-order valence-corrected chi connectivity index (χ2v) is 4.05. The molecule has 0 N–H and O–H groups in total. The van der Waals surface area contributed by atoms with Gasteiger partial charge in [-0.3, -0.25) is 4.98 Å². The molecule has 7 heteroatoms. The minimum absolute atomic E-state index is 0.0609. The Hall–Kier alpha value is -1.04. The Balaban J connectivity index is 3.07. The standard InChI is InChI=1S/C9H6F3IN2O/c1-5-8(16-9(10,11)12)4-6(13)7(15-5)2-3-14/h4H,2H2,1H3. The van der Waals surface area contributed by atoms with Crippen molar-refractivity contribution in [1.29, 1.82) is 5.26 Å². The molecule has 0 aliphatic rings. The van der Waals surface area contributed by atoms with E-state index in [0.29, 0.717) is 9.26 Å². The summed E-state index contributed by atoms with van der Waals surface area (Å²) >= 11 is 1.82. The molecule has 0 aliphatic heterocycles. The van der Waals surface area contributed by atoms with Crippen LogP contribution in [0.2, 0.25) is 0 Å². The molecule has 1 rings (SSSR count). The molecule has 0 aromatic carbocycles. The van der Waals surface area contributed by atoms with E-state index >= 15 is 0 Å². The van der Waals surface area contributed by atoms with E-state index in [1.807, 2.05) is 28.7 Å². The van der Waals surface area contributed by atoms with Gasteiger partial charge in [-0.25, -0.2) is 0 Å². The summed E-state index contributed by atoms with van der Waals surface area (Å²) in [7, 11) is 0. The van der Waals surface area contributed by atoms with Crippen LogP contribution in [-0.4, -0.2) is 11.3 Å². The maximum atomic E-state index is 12.0. The molecule has 0 atom stereocenters. The number of aromatic nitrogens is 1. The molecular formula is C9H6F3IN2O. The monoisotopic (exact) mass is 342 g/mol. The van der Waals surface area contributed by atoms with Crippen LogP contribution >= 0.6 is 22.6 Å². The van der Waals surface area contributed by atoms with Gasteiger partial charge in [0.1, 0.15) is 0 Å². The Kier molecular flexibility index (Phi) is 3.96. The van der Waals surface area contributed by atoms with Crippen LogP contribution in [0.15, 0.2) is 6.07 Å². The van der Waals surface area contributed by atoms with Crippen molar-refractivity contribution in [2.45, 2.75) is 19.7 Å². The van der Waals surface area contributed by atoms with Crippen LogP contribution in [0.5, 0.6) is 5.75 Å². The van der Waals surface area contributed by atoms with Crippen molar-refractivity contribution in [1.82, 2.24) is 4.98 Å². The summed E-state index contributed by atoms with van der Waals surface area (Å²) in [5, 5.41) is 8.49. The fourth-order valence-electron chi connectivity index (χ4n) is 1.04. The average molecular weight is 342 g/mol. The molecule has 86 valence electrons. The van der Waals surface area contributed by atoms with Crippen molar-refractivity contribution in [2.24, 2.45) is 0 Å². The molecule has 0 radical (unpaired) electrons. The lowest BCUT2D eigenvalue weighted by Gasteiger charge is -2.12. The van der Waals surface area contributed by atoms with E-state index in [1.54, 1.807) is 0 Å². The number of nitrogens with zero attached hydrogens (tertiary/aromatic N) is 2. The first kappa shape index (κ1) is 13.0. The van der Waals surface area contributed by atoms with E-state index in [2.05, 4.69) is 9.72 Å². The Morgan fingerprint density at radius 1 is 1.56 bits per heavy atom. The smallest absolute Gasteiger partial charge is 0.404 e. The highest BCUT2D eigenvalue weighted by Crippen LogP contribution is 2.27. The normalized spacial score (nSPS) is 11.0. The lowest BCUT2D eigenvalue weighted by molar-refractivity contribution is -0.275. The molecule has 1 aromatic heterocycles. The predicted octanol–water partition coefficient (Wildman–Crippen LogP) is 2.96. The van der Waals surface area contributed by atoms with Crippen LogP contribution in [0, 0.1) is 21.8 Å². The Labute approximate surface area is 103 Å². The second kappa shape index (κ2) is 4.86. The summed E-state index contributed by atoms with van der Waals surface area (Å²) in [5.41, 5.74) is 0.568. The highest BCUT2D eigenvalue weighted by atomic mass is 127. The molecule has 3 nitrogen and oxygen atoms in total. The molecule has 0 unspecified atom stereocenters. The Morgan fingerprint density at radius 2 is 2.19 bits per heavy atom. The van der Waals surface area contributed by atoms with Gasteiger partial charge in [0.05, 0.1) is 23.9 Å². The van der Waals surface area contributed by atoms with Crippen molar-refractivity contribution < 1.29 is 17.9 Å². The number of hydrogen-bond acceptors (Lipinski definition) is 3. The van der Waals surface area contributed by atoms with E-state index < -0.39 is 6.36 Å². The molecule has 0 saturated heterocycles. The fourth-order valence-corrected chi connectivity index (χ4v) is 1.63. The summed E-state index contributed by atoms with van der Waals surface area (Å²) in [6, 6.07) is 3.11. The highest BCUT2D eigenvalue weighted by Gasteiger charge is 2.32. The molecule has 0 saturated carbocycles. The molecular weight excluding hydrogens is 336 g/mol. The van der Waals surface area contributed by atoms with E-state index in [1.165, 1.54) is 13.0 Å². The number of hydrogen-bond donors (Lipinski definition) is 0. The molecule has 16 heavy (non-hydrogen) atoms. The zero-order valence-electron chi connectivity index (χ0n) is 8.10. The maximum Gasteiger partial charge on any atom is 0.573 e. The minimum Gasteiger partial charge on any atom is -0.404 e. The van der Waals surface area contributed by atoms with Gasteiger partial charge in [-0.1, -0.05) is 0 Å². The number of halogens is 4. The van der Waals surface area contributed by atoms with Gasteiger partial charge in [0.2, 0.25) is 0 Å². The number of nitriles is 1. The summed E-state index contributed by atoms with van der Waals surface area (Å²) in [5.74, 6) is -0.335. The van der Waals surface area contributed by atoms with Gasteiger partial charge >= 0.3 is 6.36 Å². The molecule has 0 amide bonds. The zero-order valence-corrected chi connectivity index (χ0v) is 10.3. The lowest BCUT2D eigenvalue weighted by atomic mass is 10.2. The predicted molar refractivity (Wildman–Crippen MR) is 57.7 cm³/mol. The van der Waals surface area contributed by atoms with Gasteiger partial charge in [-0.05, 0) is 35.6 Å². The number of rotatable bonds is 2. The first-order valence-electron chi connectivity index (χ1n) is 4.12. The third-order valence-electron chi connectivity index (χ3n) is 1.66. The molecule has 0 fully saturated rings. The molecule has 0 bridgehead atoms. The van der Waals surface area contributed by atoms with Crippen LogP contribution in [0.3, 0.4) is 0 Å². The molecule has 0 spiro atoms. The summed E-state index contributed by atoms with van der Waals surface area (Å²) < 4.78 is 40.3. The van der Waals surface area contributed by atoms with E-state index in [0.717, 1.165) is 0 Å². The molecule has 1 heterocycles.